The van der Waals surface area contributed by atoms with Crippen molar-refractivity contribution in [2.24, 2.45) is 0 Å². The van der Waals surface area contributed by atoms with E-state index in [0.29, 0.717) is 4.67 Å². The first-order chi connectivity index (χ1) is 11.8. The molecule has 0 saturated heterocycles. The third-order valence-corrected chi connectivity index (χ3v) is 5.74. The summed E-state index contributed by atoms with van der Waals surface area (Å²) in [5, 5.41) is 13.8. The molecule has 3 aromatic heterocycles. The van der Waals surface area contributed by atoms with Gasteiger partial charge in [0.1, 0.15) is 0 Å². The third kappa shape index (κ3) is 3.40. The number of hydrogen-bond donors (Lipinski definition) is 0. The van der Waals surface area contributed by atoms with Gasteiger partial charge in [-0.05, 0) is 45.8 Å². The zero-order chi connectivity index (χ0) is 16.4. The molecule has 0 amide bonds. The second-order valence-corrected chi connectivity index (χ2v) is 7.95. The van der Waals surface area contributed by atoms with E-state index in [1.54, 1.807) is 0 Å². The van der Waals surface area contributed by atoms with Gasteiger partial charge in [-0.25, -0.2) is 0 Å². The second kappa shape index (κ2) is 7.08. The fourth-order valence-electron chi connectivity index (χ4n) is 2.27. The molecule has 0 radical (unpaired) electrons. The van der Waals surface area contributed by atoms with Gasteiger partial charge >= 0.3 is 0 Å². The maximum atomic E-state index is 5.55. The van der Waals surface area contributed by atoms with Crippen molar-refractivity contribution in [3.05, 3.63) is 58.5 Å². The van der Waals surface area contributed by atoms with E-state index in [0.717, 1.165) is 39.5 Å². The van der Waals surface area contributed by atoms with Crippen LogP contribution in [0.4, 0.5) is 0 Å². The summed E-state index contributed by atoms with van der Waals surface area (Å²) < 4.78 is 8.06. The predicted octanol–water partition coefficient (Wildman–Crippen LogP) is 4.68. The maximum Gasteiger partial charge on any atom is 0.235 e. The van der Waals surface area contributed by atoms with Crippen molar-refractivity contribution in [2.45, 2.75) is 12.2 Å². The van der Waals surface area contributed by atoms with E-state index in [9.17, 15) is 0 Å². The van der Waals surface area contributed by atoms with Gasteiger partial charge in [0.2, 0.25) is 4.96 Å². The summed E-state index contributed by atoms with van der Waals surface area (Å²) in [6, 6.07) is 14.3. The minimum atomic E-state index is 0.695. The van der Waals surface area contributed by atoms with Crippen molar-refractivity contribution >= 4 is 44.0 Å². The van der Waals surface area contributed by atoms with Crippen molar-refractivity contribution < 1.29 is 4.42 Å². The number of aryl methyl sites for hydroxylation is 1. The van der Waals surface area contributed by atoms with E-state index in [-0.39, 0.29) is 0 Å². The van der Waals surface area contributed by atoms with Crippen LogP contribution in [0.2, 0.25) is 0 Å². The van der Waals surface area contributed by atoms with Crippen LogP contribution in [0.1, 0.15) is 11.4 Å². The Balaban J connectivity index is 1.42. The van der Waals surface area contributed by atoms with E-state index >= 15 is 0 Å². The summed E-state index contributed by atoms with van der Waals surface area (Å²) in [6.45, 7) is 0. The highest BCUT2D eigenvalue weighted by molar-refractivity contribution is 9.10. The molecule has 0 spiro atoms. The fourth-order valence-corrected chi connectivity index (χ4v) is 4.29. The average molecular weight is 421 g/mol. The first kappa shape index (κ1) is 15.9. The molecule has 0 aliphatic heterocycles. The average Bonchev–Trinajstić information content (AvgIpc) is 3.28. The zero-order valence-electron chi connectivity index (χ0n) is 12.6. The number of nitrogens with zero attached hydrogens (tertiary/aromatic N) is 4. The molecular weight excluding hydrogens is 408 g/mol. The predicted molar refractivity (Wildman–Crippen MR) is 100 cm³/mol. The maximum absolute atomic E-state index is 5.55. The number of rotatable bonds is 6. The van der Waals surface area contributed by atoms with Crippen LogP contribution in [0.15, 0.2) is 51.6 Å². The standard InChI is InChI=1S/C16H13BrN4OS2/c17-13-7-6-12(22-13)15-20-21-14(18-19-16(21)24-15)10-23-9-8-11-4-2-1-3-5-11/h1-7H,8-10H2. The number of benzene rings is 1. The molecule has 0 saturated carbocycles. The van der Waals surface area contributed by atoms with E-state index in [4.69, 9.17) is 4.42 Å². The van der Waals surface area contributed by atoms with Crippen LogP contribution in [0, 0.1) is 0 Å². The van der Waals surface area contributed by atoms with Crippen molar-refractivity contribution in [1.29, 1.82) is 0 Å². The van der Waals surface area contributed by atoms with Gasteiger partial charge in [0.05, 0.1) is 5.75 Å². The molecule has 24 heavy (non-hydrogen) atoms. The molecule has 8 heteroatoms. The lowest BCUT2D eigenvalue weighted by Gasteiger charge is -2.00. The second-order valence-electron chi connectivity index (χ2n) is 5.11. The van der Waals surface area contributed by atoms with Crippen LogP contribution >= 0.6 is 39.0 Å². The van der Waals surface area contributed by atoms with E-state index in [1.807, 2.05) is 34.5 Å². The summed E-state index contributed by atoms with van der Waals surface area (Å²) in [5.74, 6) is 3.44. The van der Waals surface area contributed by atoms with Crippen molar-refractivity contribution in [3.8, 4) is 10.8 Å². The van der Waals surface area contributed by atoms with E-state index in [2.05, 4.69) is 55.5 Å². The first-order valence-corrected chi connectivity index (χ1v) is 10.1. The van der Waals surface area contributed by atoms with Crippen LogP contribution in [-0.4, -0.2) is 25.6 Å². The molecular formula is C16H13BrN4OS2. The van der Waals surface area contributed by atoms with Crippen molar-refractivity contribution in [2.75, 3.05) is 5.75 Å². The van der Waals surface area contributed by atoms with Gasteiger partial charge in [0.15, 0.2) is 21.3 Å². The highest BCUT2D eigenvalue weighted by Crippen LogP contribution is 2.29. The molecule has 0 fully saturated rings. The molecule has 0 unspecified atom stereocenters. The molecule has 5 nitrogen and oxygen atoms in total. The van der Waals surface area contributed by atoms with Gasteiger partial charge in [0, 0.05) is 0 Å². The quantitative estimate of drug-likeness (QED) is 0.423. The monoisotopic (exact) mass is 420 g/mol. The minimum Gasteiger partial charge on any atom is -0.447 e. The Labute approximate surface area is 155 Å². The number of halogens is 1. The summed E-state index contributed by atoms with van der Waals surface area (Å²) in [6.07, 6.45) is 1.05. The molecule has 1 aromatic carbocycles. The van der Waals surface area contributed by atoms with Crippen LogP contribution in [-0.2, 0) is 12.2 Å². The molecule has 0 atom stereocenters. The molecule has 0 aliphatic rings. The molecule has 0 N–H and O–H groups in total. The lowest BCUT2D eigenvalue weighted by atomic mass is 10.2. The Hall–Kier alpha value is -1.64. The Bertz CT molecular complexity index is 947. The van der Waals surface area contributed by atoms with Crippen molar-refractivity contribution in [3.63, 3.8) is 0 Å². The first-order valence-electron chi connectivity index (χ1n) is 7.38. The lowest BCUT2D eigenvalue weighted by Crippen LogP contribution is -1.96. The van der Waals surface area contributed by atoms with Crippen LogP contribution in [0.25, 0.3) is 15.7 Å². The molecule has 4 aromatic rings. The topological polar surface area (TPSA) is 56.2 Å². The van der Waals surface area contributed by atoms with Crippen LogP contribution < -0.4 is 0 Å². The van der Waals surface area contributed by atoms with Gasteiger partial charge in [-0.3, -0.25) is 0 Å². The van der Waals surface area contributed by atoms with Gasteiger partial charge < -0.3 is 4.42 Å². The number of furan rings is 1. The minimum absolute atomic E-state index is 0.695. The Morgan fingerprint density at radius 3 is 2.79 bits per heavy atom. The highest BCUT2D eigenvalue weighted by Gasteiger charge is 2.15. The van der Waals surface area contributed by atoms with E-state index in [1.165, 1.54) is 16.9 Å². The largest absolute Gasteiger partial charge is 0.447 e. The number of aromatic nitrogens is 4. The Morgan fingerprint density at radius 1 is 1.12 bits per heavy atom. The van der Waals surface area contributed by atoms with Crippen molar-refractivity contribution in [1.82, 2.24) is 19.8 Å². The van der Waals surface area contributed by atoms with Crippen LogP contribution in [0.3, 0.4) is 0 Å². The molecule has 0 bridgehead atoms. The van der Waals surface area contributed by atoms with Crippen LogP contribution in [0.5, 0.6) is 0 Å². The van der Waals surface area contributed by atoms with Gasteiger partial charge in [-0.2, -0.15) is 16.3 Å². The SMILES string of the molecule is Brc1ccc(-c2nn3c(CSCCc4ccccc4)nnc3s2)o1. The smallest absolute Gasteiger partial charge is 0.235 e. The van der Waals surface area contributed by atoms with Gasteiger partial charge in [0.25, 0.3) is 0 Å². The third-order valence-electron chi connectivity index (χ3n) is 3.45. The summed E-state index contributed by atoms with van der Waals surface area (Å²) >= 11 is 6.63. The highest BCUT2D eigenvalue weighted by atomic mass is 79.9. The van der Waals surface area contributed by atoms with E-state index < -0.39 is 0 Å². The lowest BCUT2D eigenvalue weighted by molar-refractivity contribution is 0.554. The summed E-state index contributed by atoms with van der Waals surface area (Å²) in [5.41, 5.74) is 1.36. The molecule has 0 aliphatic carbocycles. The number of thioether (sulfide) groups is 1. The fraction of sp³-hybridized carbons (Fsp3) is 0.188. The number of hydrogen-bond acceptors (Lipinski definition) is 6. The zero-order valence-corrected chi connectivity index (χ0v) is 15.8. The number of fused-ring (bicyclic) bond motifs is 1. The molecule has 3 heterocycles. The summed E-state index contributed by atoms with van der Waals surface area (Å²) in [4.78, 5) is 0.788. The molecule has 4 rings (SSSR count). The molecule has 122 valence electrons. The van der Waals surface area contributed by atoms with Gasteiger partial charge in [-0.1, -0.05) is 41.7 Å². The summed E-state index contributed by atoms with van der Waals surface area (Å²) in [7, 11) is 0. The Morgan fingerprint density at radius 2 is 2.00 bits per heavy atom. The normalized spacial score (nSPS) is 11.4. The Kier molecular flexibility index (Phi) is 4.68. The van der Waals surface area contributed by atoms with Gasteiger partial charge in [-0.15, -0.1) is 15.3 Å².